The normalized spacial score (nSPS) is 12.5. The van der Waals surface area contributed by atoms with Crippen LogP contribution < -0.4 is 5.32 Å². The van der Waals surface area contributed by atoms with E-state index in [1.807, 2.05) is 6.92 Å². The first-order valence-electron chi connectivity index (χ1n) is 5.33. The van der Waals surface area contributed by atoms with Gasteiger partial charge in [0, 0.05) is 5.38 Å². The van der Waals surface area contributed by atoms with E-state index in [-0.39, 0.29) is 18.2 Å². The fourth-order valence-corrected chi connectivity index (χ4v) is 2.00. The third-order valence-corrected chi connectivity index (χ3v) is 3.08. The highest BCUT2D eigenvalue weighted by molar-refractivity contribution is 7.09. The van der Waals surface area contributed by atoms with E-state index in [1.165, 1.54) is 11.3 Å². The Morgan fingerprint density at radius 2 is 2.18 bits per heavy atom. The first-order valence-corrected chi connectivity index (χ1v) is 6.21. The van der Waals surface area contributed by atoms with Gasteiger partial charge in [-0.15, -0.1) is 11.3 Å². The lowest BCUT2D eigenvalue weighted by Crippen LogP contribution is -2.44. The Balaban J connectivity index is 2.56. The third kappa shape index (κ3) is 4.14. The minimum absolute atomic E-state index is 0.126. The fraction of sp³-hybridized carbons (Fsp3) is 0.545. The highest BCUT2D eigenvalue weighted by Crippen LogP contribution is 2.09. The SMILES string of the molecule is Cc1nc(CC(=O)N[C@H](C(=O)O)C(C)C)cs1. The van der Waals surface area contributed by atoms with Crippen molar-refractivity contribution in [3.63, 3.8) is 0 Å². The Bertz CT molecular complexity index is 415. The zero-order valence-electron chi connectivity index (χ0n) is 10.1. The van der Waals surface area contributed by atoms with Crippen molar-refractivity contribution < 1.29 is 14.7 Å². The van der Waals surface area contributed by atoms with E-state index in [2.05, 4.69) is 10.3 Å². The van der Waals surface area contributed by atoms with Crippen molar-refractivity contribution in [3.8, 4) is 0 Å². The van der Waals surface area contributed by atoms with Gasteiger partial charge in [-0.3, -0.25) is 4.79 Å². The lowest BCUT2D eigenvalue weighted by atomic mass is 10.0. The lowest BCUT2D eigenvalue weighted by molar-refractivity contribution is -0.143. The number of thiazole rings is 1. The van der Waals surface area contributed by atoms with Crippen LogP contribution in [0.5, 0.6) is 0 Å². The number of carboxylic acids is 1. The molecule has 1 atom stereocenters. The number of carboxylic acid groups (broad SMARTS) is 1. The van der Waals surface area contributed by atoms with Gasteiger partial charge in [-0.1, -0.05) is 13.8 Å². The molecule has 0 aliphatic rings. The van der Waals surface area contributed by atoms with Crippen LogP contribution in [0.4, 0.5) is 0 Å². The molecule has 94 valence electrons. The summed E-state index contributed by atoms with van der Waals surface area (Å²) < 4.78 is 0. The predicted octanol–water partition coefficient (Wildman–Crippen LogP) is 1.22. The Hall–Kier alpha value is -1.43. The number of aliphatic carboxylic acids is 1. The van der Waals surface area contributed by atoms with Crippen LogP contribution in [0.15, 0.2) is 5.38 Å². The molecule has 0 radical (unpaired) electrons. The molecule has 6 heteroatoms. The van der Waals surface area contributed by atoms with Gasteiger partial charge in [0.25, 0.3) is 0 Å². The van der Waals surface area contributed by atoms with Gasteiger partial charge in [0.15, 0.2) is 0 Å². The van der Waals surface area contributed by atoms with Gasteiger partial charge in [0.1, 0.15) is 6.04 Å². The molecule has 0 bridgehead atoms. The van der Waals surface area contributed by atoms with E-state index in [1.54, 1.807) is 19.2 Å². The second-order valence-electron chi connectivity index (χ2n) is 4.16. The Morgan fingerprint density at radius 1 is 1.53 bits per heavy atom. The molecule has 0 aromatic carbocycles. The molecule has 0 aliphatic heterocycles. The average molecular weight is 256 g/mol. The number of hydrogen-bond acceptors (Lipinski definition) is 4. The Kier molecular flexibility index (Phi) is 4.62. The van der Waals surface area contributed by atoms with Crippen molar-refractivity contribution in [3.05, 3.63) is 16.1 Å². The first kappa shape index (κ1) is 13.6. The van der Waals surface area contributed by atoms with Crippen molar-refractivity contribution in [1.82, 2.24) is 10.3 Å². The van der Waals surface area contributed by atoms with E-state index < -0.39 is 12.0 Å². The summed E-state index contributed by atoms with van der Waals surface area (Å²) in [7, 11) is 0. The largest absolute Gasteiger partial charge is 0.480 e. The van der Waals surface area contributed by atoms with E-state index in [9.17, 15) is 9.59 Å². The predicted molar refractivity (Wildman–Crippen MR) is 65.0 cm³/mol. The zero-order chi connectivity index (χ0) is 13.0. The quantitative estimate of drug-likeness (QED) is 0.830. The monoisotopic (exact) mass is 256 g/mol. The highest BCUT2D eigenvalue weighted by atomic mass is 32.1. The molecule has 1 aromatic rings. The maximum absolute atomic E-state index is 11.6. The van der Waals surface area contributed by atoms with Crippen LogP contribution >= 0.6 is 11.3 Å². The number of carbonyl (C=O) groups is 2. The van der Waals surface area contributed by atoms with Crippen LogP contribution in [-0.4, -0.2) is 28.0 Å². The molecule has 0 saturated carbocycles. The molecular formula is C11H16N2O3S. The number of aromatic nitrogens is 1. The maximum Gasteiger partial charge on any atom is 0.326 e. The third-order valence-electron chi connectivity index (χ3n) is 2.26. The van der Waals surface area contributed by atoms with Gasteiger partial charge in [0.2, 0.25) is 5.91 Å². The highest BCUT2D eigenvalue weighted by Gasteiger charge is 2.23. The Morgan fingerprint density at radius 3 is 2.59 bits per heavy atom. The molecule has 0 aliphatic carbocycles. The maximum atomic E-state index is 11.6. The minimum Gasteiger partial charge on any atom is -0.480 e. The molecule has 0 saturated heterocycles. The summed E-state index contributed by atoms with van der Waals surface area (Å²) in [5.74, 6) is -1.46. The smallest absolute Gasteiger partial charge is 0.326 e. The second-order valence-corrected chi connectivity index (χ2v) is 5.22. The summed E-state index contributed by atoms with van der Waals surface area (Å²) in [5, 5.41) is 14.1. The fourth-order valence-electron chi connectivity index (χ4n) is 1.39. The summed E-state index contributed by atoms with van der Waals surface area (Å²) in [6.45, 7) is 5.37. The van der Waals surface area contributed by atoms with Crippen molar-refractivity contribution in [1.29, 1.82) is 0 Å². The van der Waals surface area contributed by atoms with Crippen LogP contribution in [0.2, 0.25) is 0 Å². The van der Waals surface area contributed by atoms with Crippen LogP contribution in [0.3, 0.4) is 0 Å². The molecule has 1 heterocycles. The van der Waals surface area contributed by atoms with E-state index in [0.29, 0.717) is 5.69 Å². The minimum atomic E-state index is -1.01. The van der Waals surface area contributed by atoms with Crippen molar-refractivity contribution in [2.45, 2.75) is 33.2 Å². The number of nitrogens with one attached hydrogen (secondary N) is 1. The number of hydrogen-bond donors (Lipinski definition) is 2. The summed E-state index contributed by atoms with van der Waals surface area (Å²) in [5.41, 5.74) is 0.679. The average Bonchev–Trinajstić information content (AvgIpc) is 2.59. The molecule has 1 amide bonds. The van der Waals surface area contributed by atoms with E-state index >= 15 is 0 Å². The molecule has 5 nitrogen and oxygen atoms in total. The summed E-state index contributed by atoms with van der Waals surface area (Å²) in [4.78, 5) is 26.7. The summed E-state index contributed by atoms with van der Waals surface area (Å²) >= 11 is 1.47. The number of nitrogens with zero attached hydrogens (tertiary/aromatic N) is 1. The zero-order valence-corrected chi connectivity index (χ0v) is 10.9. The molecule has 0 unspecified atom stereocenters. The molecule has 1 rings (SSSR count). The molecule has 2 N–H and O–H groups in total. The Labute approximate surface area is 104 Å². The lowest BCUT2D eigenvalue weighted by Gasteiger charge is -2.17. The first-order chi connectivity index (χ1) is 7.90. The number of amides is 1. The van der Waals surface area contributed by atoms with Crippen LogP contribution in [0.1, 0.15) is 24.5 Å². The van der Waals surface area contributed by atoms with Crippen LogP contribution in [0, 0.1) is 12.8 Å². The number of rotatable bonds is 5. The van der Waals surface area contributed by atoms with Gasteiger partial charge in [-0.2, -0.15) is 0 Å². The van der Waals surface area contributed by atoms with Crippen molar-refractivity contribution >= 4 is 23.2 Å². The van der Waals surface area contributed by atoms with Crippen LogP contribution in [-0.2, 0) is 16.0 Å². The standard InChI is InChI=1S/C11H16N2O3S/c1-6(2)10(11(15)16)13-9(14)4-8-5-17-7(3)12-8/h5-6,10H,4H2,1-3H3,(H,13,14)(H,15,16)/t10-/m0/s1. The van der Waals surface area contributed by atoms with Crippen molar-refractivity contribution in [2.75, 3.05) is 0 Å². The van der Waals surface area contributed by atoms with Gasteiger partial charge < -0.3 is 10.4 Å². The van der Waals surface area contributed by atoms with Crippen LogP contribution in [0.25, 0.3) is 0 Å². The topological polar surface area (TPSA) is 79.3 Å². The van der Waals surface area contributed by atoms with E-state index in [0.717, 1.165) is 5.01 Å². The summed E-state index contributed by atoms with van der Waals surface area (Å²) in [6.07, 6.45) is 0.126. The number of aryl methyl sites for hydroxylation is 1. The van der Waals surface area contributed by atoms with Gasteiger partial charge in [-0.25, -0.2) is 9.78 Å². The van der Waals surface area contributed by atoms with Gasteiger partial charge >= 0.3 is 5.97 Å². The molecule has 1 aromatic heterocycles. The van der Waals surface area contributed by atoms with Gasteiger partial charge in [-0.05, 0) is 12.8 Å². The summed E-state index contributed by atoms with van der Waals surface area (Å²) in [6, 6.07) is -0.845. The molecule has 0 fully saturated rings. The van der Waals surface area contributed by atoms with E-state index in [4.69, 9.17) is 5.11 Å². The molecule has 17 heavy (non-hydrogen) atoms. The second kappa shape index (κ2) is 5.77. The van der Waals surface area contributed by atoms with Crippen molar-refractivity contribution in [2.24, 2.45) is 5.92 Å². The van der Waals surface area contributed by atoms with Gasteiger partial charge in [0.05, 0.1) is 17.1 Å². The molecular weight excluding hydrogens is 240 g/mol. The molecule has 0 spiro atoms. The number of carbonyl (C=O) groups excluding carboxylic acids is 1.